The SMILES string of the molecule is CC(c1ccncc1)N1CCc2cccc(N)c2C1. The van der Waals surface area contributed by atoms with Crippen LogP contribution in [0.25, 0.3) is 0 Å². The lowest BCUT2D eigenvalue weighted by Crippen LogP contribution is -2.33. The van der Waals surface area contributed by atoms with E-state index in [-0.39, 0.29) is 0 Å². The monoisotopic (exact) mass is 253 g/mol. The summed E-state index contributed by atoms with van der Waals surface area (Å²) in [7, 11) is 0. The molecular formula is C16H19N3. The predicted octanol–water partition coefficient (Wildman–Crippen LogP) is 2.78. The molecule has 19 heavy (non-hydrogen) atoms. The van der Waals surface area contributed by atoms with Crippen molar-refractivity contribution in [2.24, 2.45) is 0 Å². The number of anilines is 1. The maximum atomic E-state index is 6.11. The van der Waals surface area contributed by atoms with Crippen molar-refractivity contribution < 1.29 is 0 Å². The summed E-state index contributed by atoms with van der Waals surface area (Å²) < 4.78 is 0. The zero-order chi connectivity index (χ0) is 13.2. The van der Waals surface area contributed by atoms with Crippen molar-refractivity contribution in [3.63, 3.8) is 0 Å². The third kappa shape index (κ3) is 2.34. The first-order valence-electron chi connectivity index (χ1n) is 6.76. The predicted molar refractivity (Wildman–Crippen MR) is 77.6 cm³/mol. The maximum absolute atomic E-state index is 6.11. The van der Waals surface area contributed by atoms with E-state index in [1.165, 1.54) is 16.7 Å². The molecule has 2 heterocycles. The van der Waals surface area contributed by atoms with Crippen molar-refractivity contribution in [1.82, 2.24) is 9.88 Å². The molecule has 1 aromatic heterocycles. The first kappa shape index (κ1) is 12.2. The van der Waals surface area contributed by atoms with Crippen LogP contribution in [0.15, 0.2) is 42.7 Å². The molecule has 2 aromatic rings. The molecule has 1 aliphatic heterocycles. The Kier molecular flexibility index (Phi) is 3.22. The Morgan fingerprint density at radius 1 is 1.21 bits per heavy atom. The van der Waals surface area contributed by atoms with Gasteiger partial charge < -0.3 is 5.73 Å². The molecule has 0 aliphatic carbocycles. The van der Waals surface area contributed by atoms with Gasteiger partial charge >= 0.3 is 0 Å². The number of hydrogen-bond donors (Lipinski definition) is 1. The highest BCUT2D eigenvalue weighted by Gasteiger charge is 2.22. The molecule has 0 radical (unpaired) electrons. The minimum absolute atomic E-state index is 0.399. The van der Waals surface area contributed by atoms with E-state index in [4.69, 9.17) is 5.73 Å². The smallest absolute Gasteiger partial charge is 0.0362 e. The van der Waals surface area contributed by atoms with Crippen molar-refractivity contribution in [3.05, 3.63) is 59.4 Å². The molecule has 0 spiro atoms. The average Bonchev–Trinajstić information content (AvgIpc) is 2.47. The molecule has 0 saturated heterocycles. The highest BCUT2D eigenvalue weighted by atomic mass is 15.2. The number of fused-ring (bicyclic) bond motifs is 1. The Hall–Kier alpha value is -1.87. The summed E-state index contributed by atoms with van der Waals surface area (Å²) in [5.41, 5.74) is 11.0. The third-order valence-corrected chi connectivity index (χ3v) is 4.08. The molecule has 1 unspecified atom stereocenters. The minimum Gasteiger partial charge on any atom is -0.398 e. The van der Waals surface area contributed by atoms with E-state index >= 15 is 0 Å². The van der Waals surface area contributed by atoms with Crippen LogP contribution >= 0.6 is 0 Å². The topological polar surface area (TPSA) is 42.2 Å². The summed E-state index contributed by atoms with van der Waals surface area (Å²) in [4.78, 5) is 6.56. The molecule has 3 nitrogen and oxygen atoms in total. The fraction of sp³-hybridized carbons (Fsp3) is 0.312. The molecule has 98 valence electrons. The fourth-order valence-corrected chi connectivity index (χ4v) is 2.81. The molecular weight excluding hydrogens is 234 g/mol. The number of benzene rings is 1. The van der Waals surface area contributed by atoms with E-state index in [0.717, 1.165) is 25.2 Å². The van der Waals surface area contributed by atoms with Crippen LogP contribution in [0.1, 0.15) is 29.7 Å². The van der Waals surface area contributed by atoms with Gasteiger partial charge in [0.1, 0.15) is 0 Å². The van der Waals surface area contributed by atoms with Gasteiger partial charge in [-0.3, -0.25) is 9.88 Å². The van der Waals surface area contributed by atoms with Crippen LogP contribution in [0.4, 0.5) is 5.69 Å². The van der Waals surface area contributed by atoms with Crippen LogP contribution < -0.4 is 5.73 Å². The highest BCUT2D eigenvalue weighted by Crippen LogP contribution is 2.29. The second kappa shape index (κ2) is 5.02. The van der Waals surface area contributed by atoms with Crippen LogP contribution in [-0.2, 0) is 13.0 Å². The number of hydrogen-bond acceptors (Lipinski definition) is 3. The molecule has 2 N–H and O–H groups in total. The van der Waals surface area contributed by atoms with Gasteiger partial charge in [0.25, 0.3) is 0 Å². The van der Waals surface area contributed by atoms with Gasteiger partial charge in [-0.1, -0.05) is 12.1 Å². The molecule has 1 aromatic carbocycles. The van der Waals surface area contributed by atoms with Gasteiger partial charge in [-0.05, 0) is 48.2 Å². The standard InChI is InChI=1S/C16H19N3/c1-12(13-5-8-18-9-6-13)19-10-7-14-3-2-4-16(17)15(14)11-19/h2-6,8-9,12H,7,10-11,17H2,1H3. The number of aromatic nitrogens is 1. The third-order valence-electron chi connectivity index (χ3n) is 4.08. The van der Waals surface area contributed by atoms with Gasteiger partial charge in [0.15, 0.2) is 0 Å². The van der Waals surface area contributed by atoms with E-state index in [0.29, 0.717) is 6.04 Å². The summed E-state index contributed by atoms with van der Waals surface area (Å²) in [6, 6.07) is 10.8. The van der Waals surface area contributed by atoms with Crippen LogP contribution in [0.5, 0.6) is 0 Å². The molecule has 0 saturated carbocycles. The Morgan fingerprint density at radius 2 is 2.00 bits per heavy atom. The van der Waals surface area contributed by atoms with E-state index in [9.17, 15) is 0 Å². The fourth-order valence-electron chi connectivity index (χ4n) is 2.81. The van der Waals surface area contributed by atoms with Crippen LogP contribution in [0.3, 0.4) is 0 Å². The normalized spacial score (nSPS) is 16.9. The molecule has 1 aliphatic rings. The number of nitrogen functional groups attached to an aromatic ring is 1. The lowest BCUT2D eigenvalue weighted by Gasteiger charge is -2.34. The van der Waals surface area contributed by atoms with E-state index in [2.05, 4.69) is 41.1 Å². The molecule has 3 rings (SSSR count). The summed E-state index contributed by atoms with van der Waals surface area (Å²) in [6.45, 7) is 4.27. The van der Waals surface area contributed by atoms with E-state index in [1.54, 1.807) is 0 Å². The first-order chi connectivity index (χ1) is 9.25. The Balaban J connectivity index is 1.84. The van der Waals surface area contributed by atoms with Crippen molar-refractivity contribution in [2.75, 3.05) is 12.3 Å². The van der Waals surface area contributed by atoms with Gasteiger partial charge in [0.05, 0.1) is 0 Å². The van der Waals surface area contributed by atoms with E-state index < -0.39 is 0 Å². The summed E-state index contributed by atoms with van der Waals surface area (Å²) in [6.07, 6.45) is 4.80. The van der Waals surface area contributed by atoms with Crippen molar-refractivity contribution in [3.8, 4) is 0 Å². The second-order valence-electron chi connectivity index (χ2n) is 5.16. The molecule has 0 amide bonds. The van der Waals surface area contributed by atoms with Crippen molar-refractivity contribution in [2.45, 2.75) is 25.9 Å². The number of nitrogens with zero attached hydrogens (tertiary/aromatic N) is 2. The Morgan fingerprint density at radius 3 is 2.79 bits per heavy atom. The molecule has 0 bridgehead atoms. The van der Waals surface area contributed by atoms with E-state index in [1.807, 2.05) is 18.5 Å². The molecule has 1 atom stereocenters. The van der Waals surface area contributed by atoms with Gasteiger partial charge in [-0.25, -0.2) is 0 Å². The second-order valence-corrected chi connectivity index (χ2v) is 5.16. The molecule has 3 heteroatoms. The number of nitrogens with two attached hydrogens (primary N) is 1. The van der Waals surface area contributed by atoms with Gasteiger partial charge in [-0.2, -0.15) is 0 Å². The van der Waals surface area contributed by atoms with Crippen molar-refractivity contribution in [1.29, 1.82) is 0 Å². The Bertz CT molecular complexity index is 565. The van der Waals surface area contributed by atoms with Gasteiger partial charge in [-0.15, -0.1) is 0 Å². The molecule has 0 fully saturated rings. The highest BCUT2D eigenvalue weighted by molar-refractivity contribution is 5.51. The quantitative estimate of drug-likeness (QED) is 0.837. The van der Waals surface area contributed by atoms with Gasteiger partial charge in [0.2, 0.25) is 0 Å². The summed E-state index contributed by atoms with van der Waals surface area (Å²) >= 11 is 0. The summed E-state index contributed by atoms with van der Waals surface area (Å²) in [5, 5.41) is 0. The minimum atomic E-state index is 0.399. The maximum Gasteiger partial charge on any atom is 0.0362 e. The largest absolute Gasteiger partial charge is 0.398 e. The van der Waals surface area contributed by atoms with Crippen LogP contribution in [0, 0.1) is 0 Å². The zero-order valence-corrected chi connectivity index (χ0v) is 11.2. The first-order valence-corrected chi connectivity index (χ1v) is 6.76. The summed E-state index contributed by atoms with van der Waals surface area (Å²) in [5.74, 6) is 0. The number of rotatable bonds is 2. The van der Waals surface area contributed by atoms with Gasteiger partial charge in [0, 0.05) is 37.2 Å². The lowest BCUT2D eigenvalue weighted by molar-refractivity contribution is 0.192. The van der Waals surface area contributed by atoms with Crippen LogP contribution in [0.2, 0.25) is 0 Å². The lowest BCUT2D eigenvalue weighted by atomic mass is 9.96. The zero-order valence-electron chi connectivity index (χ0n) is 11.2. The van der Waals surface area contributed by atoms with Crippen LogP contribution in [-0.4, -0.2) is 16.4 Å². The Labute approximate surface area is 114 Å². The van der Waals surface area contributed by atoms with Crippen molar-refractivity contribution >= 4 is 5.69 Å². The number of pyridine rings is 1. The average molecular weight is 253 g/mol.